The fourth-order valence-corrected chi connectivity index (χ4v) is 3.23. The first kappa shape index (κ1) is 15.6. The quantitative estimate of drug-likeness (QED) is 0.856. The predicted molar refractivity (Wildman–Crippen MR) is 74.3 cm³/mol. The highest BCUT2D eigenvalue weighted by atomic mass is 32.2. The number of aliphatic hydroxyl groups excluding tert-OH is 1. The van der Waals surface area contributed by atoms with Gasteiger partial charge < -0.3 is 5.11 Å². The van der Waals surface area contributed by atoms with Crippen molar-refractivity contribution >= 4 is 10.0 Å². The summed E-state index contributed by atoms with van der Waals surface area (Å²) in [6.07, 6.45) is 1.70. The third-order valence-electron chi connectivity index (χ3n) is 3.06. The number of sulfonamides is 1. The molecule has 6 nitrogen and oxygen atoms in total. The Labute approximate surface area is 122 Å². The average Bonchev–Trinajstić information content (AvgIpc) is 2.75. The van der Waals surface area contributed by atoms with E-state index in [0.717, 1.165) is 17.7 Å². The highest BCUT2D eigenvalue weighted by Gasteiger charge is 2.19. The second kappa shape index (κ2) is 5.92. The van der Waals surface area contributed by atoms with Crippen LogP contribution < -0.4 is 4.72 Å². The fraction of sp³-hybridized carbons (Fsp3) is 0.308. The molecule has 1 heterocycles. The third kappa shape index (κ3) is 3.46. The summed E-state index contributed by atoms with van der Waals surface area (Å²) < 4.78 is 41.7. The largest absolute Gasteiger partial charge is 0.392 e. The van der Waals surface area contributed by atoms with Gasteiger partial charge in [0.2, 0.25) is 10.0 Å². The maximum atomic E-state index is 13.3. The Hall–Kier alpha value is -1.77. The Kier molecular flexibility index (Phi) is 4.40. The van der Waals surface area contributed by atoms with Crippen LogP contribution in [0, 0.1) is 12.7 Å². The van der Waals surface area contributed by atoms with Gasteiger partial charge in [0.1, 0.15) is 5.82 Å². The minimum absolute atomic E-state index is 0.0450. The van der Waals surface area contributed by atoms with E-state index in [9.17, 15) is 17.9 Å². The van der Waals surface area contributed by atoms with Crippen LogP contribution in [0.2, 0.25) is 0 Å². The number of hydrogen-bond acceptors (Lipinski definition) is 4. The van der Waals surface area contributed by atoms with E-state index >= 15 is 0 Å². The molecular formula is C13H16FN3O3S. The lowest BCUT2D eigenvalue weighted by Crippen LogP contribution is -2.24. The van der Waals surface area contributed by atoms with Crippen LogP contribution in [0.3, 0.4) is 0 Å². The van der Waals surface area contributed by atoms with Crippen molar-refractivity contribution in [2.45, 2.75) is 25.0 Å². The van der Waals surface area contributed by atoms with Crippen LogP contribution in [0.15, 0.2) is 29.3 Å². The van der Waals surface area contributed by atoms with Crippen molar-refractivity contribution in [3.63, 3.8) is 0 Å². The topological polar surface area (TPSA) is 84.2 Å². The molecule has 0 bridgehead atoms. The molecular weight excluding hydrogens is 297 g/mol. The Balaban J connectivity index is 2.26. The molecule has 0 amide bonds. The number of aromatic nitrogens is 2. The molecule has 2 rings (SSSR count). The van der Waals surface area contributed by atoms with Crippen molar-refractivity contribution in [1.82, 2.24) is 14.5 Å². The van der Waals surface area contributed by atoms with Gasteiger partial charge in [0.05, 0.1) is 17.2 Å². The van der Waals surface area contributed by atoms with Gasteiger partial charge in [-0.15, -0.1) is 0 Å². The van der Waals surface area contributed by atoms with E-state index in [1.807, 2.05) is 0 Å². The lowest BCUT2D eigenvalue weighted by atomic mass is 10.2. The van der Waals surface area contributed by atoms with Crippen molar-refractivity contribution in [2.24, 2.45) is 7.05 Å². The van der Waals surface area contributed by atoms with Crippen LogP contribution in [0.5, 0.6) is 0 Å². The SMILES string of the molecule is Cc1nn(C)cc1CNS(=O)(=O)c1cc(F)ccc1CO. The Morgan fingerprint density at radius 1 is 1.38 bits per heavy atom. The molecule has 0 saturated carbocycles. The molecule has 2 N–H and O–H groups in total. The molecule has 114 valence electrons. The molecule has 8 heteroatoms. The maximum absolute atomic E-state index is 13.3. The zero-order valence-electron chi connectivity index (χ0n) is 11.7. The summed E-state index contributed by atoms with van der Waals surface area (Å²) in [6, 6.07) is 3.25. The second-order valence-electron chi connectivity index (χ2n) is 4.65. The van der Waals surface area contributed by atoms with E-state index in [-0.39, 0.29) is 17.0 Å². The first-order chi connectivity index (χ1) is 9.83. The first-order valence-electron chi connectivity index (χ1n) is 6.21. The first-order valence-corrected chi connectivity index (χ1v) is 7.70. The highest BCUT2D eigenvalue weighted by Crippen LogP contribution is 2.18. The number of hydrogen-bond donors (Lipinski definition) is 2. The standard InChI is InChI=1S/C13H16FN3O3S/c1-9-11(7-17(2)16-9)6-15-21(19,20)13-5-12(14)4-3-10(13)8-18/h3-5,7,15,18H,6,8H2,1-2H3. The van der Waals surface area contributed by atoms with Crippen molar-refractivity contribution in [3.05, 3.63) is 47.0 Å². The van der Waals surface area contributed by atoms with E-state index < -0.39 is 22.4 Å². The smallest absolute Gasteiger partial charge is 0.241 e. The van der Waals surface area contributed by atoms with E-state index in [4.69, 9.17) is 0 Å². The van der Waals surface area contributed by atoms with Crippen LogP contribution in [-0.2, 0) is 30.2 Å². The van der Waals surface area contributed by atoms with Crippen LogP contribution in [0.4, 0.5) is 4.39 Å². The number of nitrogens with one attached hydrogen (secondary N) is 1. The lowest BCUT2D eigenvalue weighted by molar-refractivity contribution is 0.278. The molecule has 0 atom stereocenters. The molecule has 0 saturated heterocycles. The highest BCUT2D eigenvalue weighted by molar-refractivity contribution is 7.89. The number of halogens is 1. The van der Waals surface area contributed by atoms with Gasteiger partial charge in [0.25, 0.3) is 0 Å². The molecule has 0 spiro atoms. The second-order valence-corrected chi connectivity index (χ2v) is 6.38. The number of nitrogens with zero attached hydrogens (tertiary/aromatic N) is 2. The van der Waals surface area contributed by atoms with Crippen LogP contribution in [0.1, 0.15) is 16.8 Å². The van der Waals surface area contributed by atoms with Gasteiger partial charge in [-0.05, 0) is 24.6 Å². The minimum Gasteiger partial charge on any atom is -0.392 e. The van der Waals surface area contributed by atoms with Crippen LogP contribution in [0.25, 0.3) is 0 Å². The minimum atomic E-state index is -3.92. The molecule has 0 fully saturated rings. The Bertz CT molecular complexity index is 756. The summed E-state index contributed by atoms with van der Waals surface area (Å²) >= 11 is 0. The molecule has 1 aromatic carbocycles. The molecule has 21 heavy (non-hydrogen) atoms. The number of aliphatic hydroxyl groups is 1. The molecule has 0 aliphatic rings. The van der Waals surface area contributed by atoms with E-state index in [1.54, 1.807) is 24.9 Å². The van der Waals surface area contributed by atoms with Gasteiger partial charge in [0.15, 0.2) is 0 Å². The van der Waals surface area contributed by atoms with E-state index in [1.165, 1.54) is 6.07 Å². The number of rotatable bonds is 5. The normalized spacial score (nSPS) is 11.8. The zero-order chi connectivity index (χ0) is 15.6. The monoisotopic (exact) mass is 313 g/mol. The Morgan fingerprint density at radius 2 is 2.10 bits per heavy atom. The lowest BCUT2D eigenvalue weighted by Gasteiger charge is -2.10. The summed E-state index contributed by atoms with van der Waals surface area (Å²) in [4.78, 5) is -0.258. The third-order valence-corrected chi connectivity index (χ3v) is 4.54. The summed E-state index contributed by atoms with van der Waals surface area (Å²) in [7, 11) is -2.18. The van der Waals surface area contributed by atoms with Gasteiger partial charge in [-0.1, -0.05) is 6.07 Å². The number of aryl methyl sites for hydroxylation is 2. The summed E-state index contributed by atoms with van der Waals surface area (Å²) in [5, 5.41) is 13.3. The van der Waals surface area contributed by atoms with Gasteiger partial charge in [-0.25, -0.2) is 17.5 Å². The average molecular weight is 313 g/mol. The molecule has 0 radical (unpaired) electrons. The fourth-order valence-electron chi connectivity index (χ4n) is 1.98. The van der Waals surface area contributed by atoms with Gasteiger partial charge in [0, 0.05) is 25.4 Å². The summed E-state index contributed by atoms with van der Waals surface area (Å²) in [6.45, 7) is 1.33. The molecule has 0 unspecified atom stereocenters. The summed E-state index contributed by atoms with van der Waals surface area (Å²) in [5.41, 5.74) is 1.58. The van der Waals surface area contributed by atoms with Crippen molar-refractivity contribution in [2.75, 3.05) is 0 Å². The van der Waals surface area contributed by atoms with Crippen molar-refractivity contribution in [1.29, 1.82) is 0 Å². The van der Waals surface area contributed by atoms with Gasteiger partial charge in [-0.2, -0.15) is 5.10 Å². The number of benzene rings is 1. The van der Waals surface area contributed by atoms with Crippen LogP contribution >= 0.6 is 0 Å². The van der Waals surface area contributed by atoms with Gasteiger partial charge >= 0.3 is 0 Å². The summed E-state index contributed by atoms with van der Waals surface area (Å²) in [5.74, 6) is -0.676. The van der Waals surface area contributed by atoms with Gasteiger partial charge in [-0.3, -0.25) is 4.68 Å². The maximum Gasteiger partial charge on any atom is 0.241 e. The van der Waals surface area contributed by atoms with Crippen LogP contribution in [-0.4, -0.2) is 23.3 Å². The predicted octanol–water partition coefficient (Wildman–Crippen LogP) is 0.838. The zero-order valence-corrected chi connectivity index (χ0v) is 12.5. The van der Waals surface area contributed by atoms with E-state index in [0.29, 0.717) is 5.69 Å². The van der Waals surface area contributed by atoms with E-state index in [2.05, 4.69) is 9.82 Å². The van der Waals surface area contributed by atoms with Crippen molar-refractivity contribution < 1.29 is 17.9 Å². The Morgan fingerprint density at radius 3 is 2.67 bits per heavy atom. The van der Waals surface area contributed by atoms with Crippen molar-refractivity contribution in [3.8, 4) is 0 Å². The molecule has 0 aliphatic heterocycles. The molecule has 0 aliphatic carbocycles. The molecule has 1 aromatic heterocycles. The molecule has 2 aromatic rings.